The third kappa shape index (κ3) is 3.20. The Balaban J connectivity index is 2.08. The second kappa shape index (κ2) is 5.36. The molecule has 0 saturated heterocycles. The summed E-state index contributed by atoms with van der Waals surface area (Å²) in [6.07, 6.45) is 5.51. The fourth-order valence-corrected chi connectivity index (χ4v) is 2.28. The second-order valence-electron chi connectivity index (χ2n) is 5.12. The van der Waals surface area contributed by atoms with E-state index in [0.29, 0.717) is 0 Å². The molecule has 1 atom stereocenters. The molecule has 0 saturated carbocycles. The van der Waals surface area contributed by atoms with Crippen LogP contribution in [-0.4, -0.2) is 15.1 Å². The zero-order chi connectivity index (χ0) is 13.0. The van der Waals surface area contributed by atoms with E-state index in [1.165, 1.54) is 5.56 Å². The molecule has 0 fully saturated rings. The first-order chi connectivity index (χ1) is 8.61. The van der Waals surface area contributed by atoms with Gasteiger partial charge < -0.3 is 10.3 Å². The maximum atomic E-state index is 6.41. The molecule has 2 N–H and O–H groups in total. The van der Waals surface area contributed by atoms with Gasteiger partial charge in [0.05, 0.1) is 0 Å². The highest BCUT2D eigenvalue weighted by Crippen LogP contribution is 2.15. The van der Waals surface area contributed by atoms with Crippen molar-refractivity contribution in [1.29, 1.82) is 0 Å². The molecule has 2 rings (SSSR count). The van der Waals surface area contributed by atoms with E-state index in [0.717, 1.165) is 25.2 Å². The molecule has 3 nitrogen and oxygen atoms in total. The summed E-state index contributed by atoms with van der Waals surface area (Å²) < 4.78 is 2.15. The van der Waals surface area contributed by atoms with Crippen LogP contribution in [0.4, 0.5) is 0 Å². The lowest BCUT2D eigenvalue weighted by Crippen LogP contribution is -2.41. The Morgan fingerprint density at radius 2 is 1.94 bits per heavy atom. The largest absolute Gasteiger partial charge is 0.335 e. The molecule has 0 radical (unpaired) electrons. The SMILES string of the molecule is CCn1ccnc1CC(C)(N)Cc1ccccc1. The molecule has 1 aromatic carbocycles. The minimum absolute atomic E-state index is 0.264. The van der Waals surface area contributed by atoms with E-state index in [-0.39, 0.29) is 5.54 Å². The fraction of sp³-hybridized carbons (Fsp3) is 0.400. The van der Waals surface area contributed by atoms with Gasteiger partial charge in [0.25, 0.3) is 0 Å². The number of aryl methyl sites for hydroxylation is 1. The Bertz CT molecular complexity index is 485. The molecule has 1 unspecified atom stereocenters. The molecule has 0 aliphatic heterocycles. The quantitative estimate of drug-likeness (QED) is 0.876. The highest BCUT2D eigenvalue weighted by Gasteiger charge is 2.21. The van der Waals surface area contributed by atoms with Crippen LogP contribution >= 0.6 is 0 Å². The lowest BCUT2D eigenvalue weighted by molar-refractivity contribution is 0.442. The number of hydrogen-bond donors (Lipinski definition) is 1. The standard InChI is InChI=1S/C15H21N3/c1-3-18-10-9-17-14(18)12-15(2,16)11-13-7-5-4-6-8-13/h4-10H,3,11-12,16H2,1-2H3. The van der Waals surface area contributed by atoms with Crippen LogP contribution in [0.15, 0.2) is 42.7 Å². The van der Waals surface area contributed by atoms with Gasteiger partial charge in [-0.15, -0.1) is 0 Å². The third-order valence-corrected chi connectivity index (χ3v) is 3.16. The van der Waals surface area contributed by atoms with Crippen LogP contribution in [0.1, 0.15) is 25.2 Å². The predicted molar refractivity (Wildman–Crippen MR) is 74.3 cm³/mol. The molecule has 0 aliphatic carbocycles. The van der Waals surface area contributed by atoms with Crippen molar-refractivity contribution >= 4 is 0 Å². The summed E-state index contributed by atoms with van der Waals surface area (Å²) in [4.78, 5) is 4.40. The number of aromatic nitrogens is 2. The summed E-state index contributed by atoms with van der Waals surface area (Å²) in [5.74, 6) is 1.07. The first-order valence-corrected chi connectivity index (χ1v) is 6.43. The van der Waals surface area contributed by atoms with Gasteiger partial charge in [-0.2, -0.15) is 0 Å². The molecule has 3 heteroatoms. The number of nitrogens with zero attached hydrogens (tertiary/aromatic N) is 2. The number of imidazole rings is 1. The molecule has 0 amide bonds. The van der Waals surface area contributed by atoms with Gasteiger partial charge in [0.1, 0.15) is 5.82 Å². The molecule has 1 heterocycles. The summed E-state index contributed by atoms with van der Waals surface area (Å²) >= 11 is 0. The summed E-state index contributed by atoms with van der Waals surface area (Å²) in [5, 5.41) is 0. The van der Waals surface area contributed by atoms with Crippen molar-refractivity contribution < 1.29 is 0 Å². The van der Waals surface area contributed by atoms with Crippen LogP contribution in [-0.2, 0) is 19.4 Å². The Kier molecular flexibility index (Phi) is 3.82. The molecule has 0 spiro atoms. The van der Waals surface area contributed by atoms with Crippen LogP contribution in [0, 0.1) is 0 Å². The smallest absolute Gasteiger partial charge is 0.110 e. The first kappa shape index (κ1) is 12.8. The van der Waals surface area contributed by atoms with Gasteiger partial charge in [-0.3, -0.25) is 0 Å². The Labute approximate surface area is 109 Å². The average molecular weight is 243 g/mol. The van der Waals surface area contributed by atoms with Crippen molar-refractivity contribution in [2.45, 2.75) is 38.8 Å². The molecule has 1 aromatic heterocycles. The van der Waals surface area contributed by atoms with E-state index in [2.05, 4.69) is 47.7 Å². The molecule has 96 valence electrons. The number of rotatable bonds is 5. The van der Waals surface area contributed by atoms with Crippen molar-refractivity contribution in [3.63, 3.8) is 0 Å². The summed E-state index contributed by atoms with van der Waals surface area (Å²) in [5.41, 5.74) is 7.42. The van der Waals surface area contributed by atoms with Crippen molar-refractivity contribution in [2.75, 3.05) is 0 Å². The molecule has 0 bridgehead atoms. The van der Waals surface area contributed by atoms with Gasteiger partial charge in [-0.1, -0.05) is 30.3 Å². The molecule has 0 aliphatic rings. The number of hydrogen-bond acceptors (Lipinski definition) is 2. The predicted octanol–water partition coefficient (Wildman–Crippen LogP) is 2.41. The molecule has 18 heavy (non-hydrogen) atoms. The second-order valence-corrected chi connectivity index (χ2v) is 5.12. The van der Waals surface area contributed by atoms with Crippen molar-refractivity contribution in [2.24, 2.45) is 5.73 Å². The van der Waals surface area contributed by atoms with Crippen LogP contribution in [0.3, 0.4) is 0 Å². The van der Waals surface area contributed by atoms with E-state index in [1.54, 1.807) is 0 Å². The van der Waals surface area contributed by atoms with E-state index >= 15 is 0 Å². The maximum absolute atomic E-state index is 6.41. The summed E-state index contributed by atoms with van der Waals surface area (Å²) in [6, 6.07) is 10.4. The van der Waals surface area contributed by atoms with Gasteiger partial charge in [0, 0.05) is 30.9 Å². The Morgan fingerprint density at radius 1 is 1.22 bits per heavy atom. The number of benzene rings is 1. The summed E-state index contributed by atoms with van der Waals surface area (Å²) in [6.45, 7) is 5.15. The van der Waals surface area contributed by atoms with Crippen molar-refractivity contribution in [3.05, 3.63) is 54.1 Å². The van der Waals surface area contributed by atoms with Gasteiger partial charge in [-0.05, 0) is 25.8 Å². The van der Waals surface area contributed by atoms with Crippen LogP contribution in [0.25, 0.3) is 0 Å². The van der Waals surface area contributed by atoms with Crippen LogP contribution in [0.2, 0.25) is 0 Å². The minimum atomic E-state index is -0.264. The van der Waals surface area contributed by atoms with Gasteiger partial charge in [0.15, 0.2) is 0 Å². The monoisotopic (exact) mass is 243 g/mol. The van der Waals surface area contributed by atoms with Crippen molar-refractivity contribution in [3.8, 4) is 0 Å². The van der Waals surface area contributed by atoms with Crippen LogP contribution < -0.4 is 5.73 Å². The van der Waals surface area contributed by atoms with Crippen molar-refractivity contribution in [1.82, 2.24) is 9.55 Å². The molecular weight excluding hydrogens is 222 g/mol. The highest BCUT2D eigenvalue weighted by atomic mass is 15.1. The normalized spacial score (nSPS) is 14.4. The lowest BCUT2D eigenvalue weighted by atomic mass is 9.90. The molecule has 2 aromatic rings. The highest BCUT2D eigenvalue weighted by molar-refractivity contribution is 5.18. The van der Waals surface area contributed by atoms with E-state index in [1.807, 2.05) is 18.5 Å². The van der Waals surface area contributed by atoms with E-state index < -0.39 is 0 Å². The van der Waals surface area contributed by atoms with E-state index in [9.17, 15) is 0 Å². The van der Waals surface area contributed by atoms with Gasteiger partial charge in [0.2, 0.25) is 0 Å². The molecular formula is C15H21N3. The average Bonchev–Trinajstić information content (AvgIpc) is 2.76. The minimum Gasteiger partial charge on any atom is -0.335 e. The summed E-state index contributed by atoms with van der Waals surface area (Å²) in [7, 11) is 0. The Morgan fingerprint density at radius 3 is 2.61 bits per heavy atom. The zero-order valence-electron chi connectivity index (χ0n) is 11.1. The topological polar surface area (TPSA) is 43.8 Å². The number of nitrogens with two attached hydrogens (primary N) is 1. The third-order valence-electron chi connectivity index (χ3n) is 3.16. The maximum Gasteiger partial charge on any atom is 0.110 e. The van der Waals surface area contributed by atoms with E-state index in [4.69, 9.17) is 5.73 Å². The Hall–Kier alpha value is -1.61. The fourth-order valence-electron chi connectivity index (χ4n) is 2.28. The van der Waals surface area contributed by atoms with Gasteiger partial charge >= 0.3 is 0 Å². The first-order valence-electron chi connectivity index (χ1n) is 6.43. The van der Waals surface area contributed by atoms with Crippen LogP contribution in [0.5, 0.6) is 0 Å². The van der Waals surface area contributed by atoms with Gasteiger partial charge in [-0.25, -0.2) is 4.98 Å². The lowest BCUT2D eigenvalue weighted by Gasteiger charge is -2.24. The zero-order valence-corrected chi connectivity index (χ0v) is 11.1.